The molecule has 2 fully saturated rings. The average molecular weight is 412 g/mol. The fourth-order valence-electron chi connectivity index (χ4n) is 5.99. The minimum atomic E-state index is 0.597. The number of nitrogens with zero attached hydrogens (tertiary/aromatic N) is 2. The third kappa shape index (κ3) is 3.17. The molecule has 2 aliphatic rings. The zero-order chi connectivity index (χ0) is 20.9. The Morgan fingerprint density at radius 3 is 2.29 bits per heavy atom. The van der Waals surface area contributed by atoms with Crippen molar-refractivity contribution in [2.75, 3.05) is 0 Å². The maximum atomic E-state index is 6.48. The fourth-order valence-corrected chi connectivity index (χ4v) is 5.99. The summed E-state index contributed by atoms with van der Waals surface area (Å²) in [4.78, 5) is 4.97. The molecule has 0 bridgehead atoms. The zero-order valence-corrected chi connectivity index (χ0v) is 18.7. The molecule has 3 aromatic heterocycles. The smallest absolute Gasteiger partial charge is 0.227 e. The van der Waals surface area contributed by atoms with Crippen LogP contribution < -0.4 is 4.57 Å². The molecule has 4 aromatic rings. The van der Waals surface area contributed by atoms with Crippen molar-refractivity contribution in [3.05, 3.63) is 59.4 Å². The molecule has 2 saturated carbocycles. The molecular weight excluding hydrogens is 380 g/mol. The molecule has 0 radical (unpaired) electrons. The largest absolute Gasteiger partial charge is 0.437 e. The van der Waals surface area contributed by atoms with Crippen molar-refractivity contribution >= 4 is 22.1 Å². The van der Waals surface area contributed by atoms with E-state index in [4.69, 9.17) is 9.40 Å². The van der Waals surface area contributed by atoms with Gasteiger partial charge in [-0.05, 0) is 62.3 Å². The van der Waals surface area contributed by atoms with E-state index in [1.165, 1.54) is 84.8 Å². The summed E-state index contributed by atoms with van der Waals surface area (Å²) in [6, 6.07) is 13.5. The van der Waals surface area contributed by atoms with E-state index >= 15 is 0 Å². The average Bonchev–Trinajstić information content (AvgIpc) is 3.54. The monoisotopic (exact) mass is 411 g/mol. The summed E-state index contributed by atoms with van der Waals surface area (Å²) in [5.41, 5.74) is 8.08. The highest BCUT2D eigenvalue weighted by Gasteiger charge is 2.25. The molecule has 6 rings (SSSR count). The summed E-state index contributed by atoms with van der Waals surface area (Å²) in [5, 5.41) is 2.30. The summed E-state index contributed by atoms with van der Waals surface area (Å²) in [6.45, 7) is 2.18. The number of hydrogen-bond acceptors (Lipinski definition) is 2. The van der Waals surface area contributed by atoms with Crippen molar-refractivity contribution in [3.63, 3.8) is 0 Å². The van der Waals surface area contributed by atoms with E-state index in [-0.39, 0.29) is 0 Å². The van der Waals surface area contributed by atoms with Crippen molar-refractivity contribution in [1.82, 2.24) is 4.98 Å². The van der Waals surface area contributed by atoms with Gasteiger partial charge in [-0.2, -0.15) is 0 Å². The van der Waals surface area contributed by atoms with Gasteiger partial charge < -0.3 is 4.42 Å². The van der Waals surface area contributed by atoms with Gasteiger partial charge in [0.05, 0.1) is 5.56 Å². The van der Waals surface area contributed by atoms with Crippen molar-refractivity contribution in [3.8, 4) is 11.3 Å². The van der Waals surface area contributed by atoms with E-state index in [2.05, 4.69) is 61.1 Å². The second kappa shape index (κ2) is 7.47. The number of rotatable bonds is 3. The molecule has 0 amide bonds. The van der Waals surface area contributed by atoms with Gasteiger partial charge in [-0.1, -0.05) is 37.8 Å². The number of pyridine rings is 2. The minimum absolute atomic E-state index is 0.597. The highest BCUT2D eigenvalue weighted by atomic mass is 16.3. The second-order valence-corrected chi connectivity index (χ2v) is 9.75. The highest BCUT2D eigenvalue weighted by Crippen LogP contribution is 2.39. The molecular formula is C28H31N2O+. The maximum absolute atomic E-state index is 6.48. The number of hydrogen-bond donors (Lipinski definition) is 0. The lowest BCUT2D eigenvalue weighted by Gasteiger charge is -2.10. The predicted octanol–water partition coefficient (Wildman–Crippen LogP) is 7.10. The first kappa shape index (κ1) is 19.0. The number of aryl methyl sites for hydroxylation is 2. The van der Waals surface area contributed by atoms with Crippen LogP contribution in [-0.4, -0.2) is 4.98 Å². The number of aromatic nitrogens is 2. The first-order chi connectivity index (χ1) is 15.2. The van der Waals surface area contributed by atoms with Crippen LogP contribution in [0, 0.1) is 6.92 Å². The van der Waals surface area contributed by atoms with Crippen molar-refractivity contribution in [1.29, 1.82) is 0 Å². The number of furan rings is 1. The van der Waals surface area contributed by atoms with Crippen LogP contribution in [0.25, 0.3) is 33.3 Å². The van der Waals surface area contributed by atoms with E-state index in [1.807, 2.05) is 0 Å². The summed E-state index contributed by atoms with van der Waals surface area (Å²) >= 11 is 0. The van der Waals surface area contributed by atoms with Crippen LogP contribution in [0.2, 0.25) is 0 Å². The van der Waals surface area contributed by atoms with Gasteiger partial charge in [0.2, 0.25) is 11.4 Å². The lowest BCUT2D eigenvalue weighted by atomic mass is 9.96. The molecule has 2 aliphatic carbocycles. The Balaban J connectivity index is 1.49. The molecule has 0 spiro atoms. The minimum Gasteiger partial charge on any atom is -0.437 e. The van der Waals surface area contributed by atoms with Crippen molar-refractivity contribution in [2.24, 2.45) is 7.05 Å². The van der Waals surface area contributed by atoms with E-state index in [9.17, 15) is 0 Å². The lowest BCUT2D eigenvalue weighted by molar-refractivity contribution is -0.660. The quantitative estimate of drug-likeness (QED) is 0.337. The Kier molecular flexibility index (Phi) is 4.59. The standard InChI is InChI=1S/C28H31N2O/c1-18-11-13-22-23-14-15-24(20-9-5-6-10-20)29-28(23)31-27(22)26(18)25-16-12-21(17-30(25)2)19-7-3-4-8-19/h11-17,19-20H,3-10H2,1-2H3/q+1. The summed E-state index contributed by atoms with van der Waals surface area (Å²) in [6.07, 6.45) is 12.9. The van der Waals surface area contributed by atoms with Gasteiger partial charge >= 0.3 is 0 Å². The van der Waals surface area contributed by atoms with Gasteiger partial charge in [0.25, 0.3) is 0 Å². The van der Waals surface area contributed by atoms with Gasteiger partial charge in [-0.25, -0.2) is 9.55 Å². The molecule has 3 nitrogen and oxygen atoms in total. The van der Waals surface area contributed by atoms with E-state index in [1.54, 1.807) is 0 Å². The topological polar surface area (TPSA) is 29.9 Å². The molecule has 0 unspecified atom stereocenters. The lowest BCUT2D eigenvalue weighted by Crippen LogP contribution is -2.31. The van der Waals surface area contributed by atoms with Crippen molar-refractivity contribution in [2.45, 2.75) is 70.1 Å². The van der Waals surface area contributed by atoms with Crippen LogP contribution in [-0.2, 0) is 7.05 Å². The first-order valence-electron chi connectivity index (χ1n) is 12.0. The number of fused-ring (bicyclic) bond motifs is 3. The maximum Gasteiger partial charge on any atom is 0.227 e. The Morgan fingerprint density at radius 2 is 1.55 bits per heavy atom. The fraction of sp³-hybridized carbons (Fsp3) is 0.429. The van der Waals surface area contributed by atoms with E-state index in [0.717, 1.165) is 22.6 Å². The van der Waals surface area contributed by atoms with Crippen LogP contribution in [0.3, 0.4) is 0 Å². The van der Waals surface area contributed by atoms with Crippen LogP contribution in [0.5, 0.6) is 0 Å². The van der Waals surface area contributed by atoms with E-state index < -0.39 is 0 Å². The molecule has 1 aromatic carbocycles. The molecule has 0 N–H and O–H groups in total. The third-order valence-electron chi connectivity index (χ3n) is 7.75. The third-order valence-corrected chi connectivity index (χ3v) is 7.75. The molecule has 0 aliphatic heterocycles. The molecule has 158 valence electrons. The van der Waals surface area contributed by atoms with Gasteiger partial charge in [0.1, 0.15) is 7.05 Å². The Bertz CT molecular complexity index is 1270. The van der Waals surface area contributed by atoms with Crippen molar-refractivity contribution < 1.29 is 8.98 Å². The Labute approximate surface area is 184 Å². The SMILES string of the molecule is Cc1ccc2c(oc3nc(C4CCCC4)ccc32)c1-c1ccc(C2CCCC2)c[n+]1C. The molecule has 31 heavy (non-hydrogen) atoms. The first-order valence-corrected chi connectivity index (χ1v) is 12.0. The summed E-state index contributed by atoms with van der Waals surface area (Å²) < 4.78 is 8.77. The predicted molar refractivity (Wildman–Crippen MR) is 125 cm³/mol. The van der Waals surface area contributed by atoms with Gasteiger partial charge in [0, 0.05) is 34.0 Å². The van der Waals surface area contributed by atoms with Crippen LogP contribution >= 0.6 is 0 Å². The molecule has 3 heteroatoms. The zero-order valence-electron chi connectivity index (χ0n) is 18.7. The van der Waals surface area contributed by atoms with Gasteiger partial charge in [-0.3, -0.25) is 0 Å². The second-order valence-electron chi connectivity index (χ2n) is 9.75. The Hall–Kier alpha value is -2.68. The normalized spacial score (nSPS) is 18.0. The molecule has 0 atom stereocenters. The van der Waals surface area contributed by atoms with E-state index in [0.29, 0.717) is 5.92 Å². The van der Waals surface area contributed by atoms with Gasteiger partial charge in [0.15, 0.2) is 11.8 Å². The van der Waals surface area contributed by atoms with Gasteiger partial charge in [-0.15, -0.1) is 0 Å². The van der Waals surface area contributed by atoms with Crippen LogP contribution in [0.1, 0.15) is 80.0 Å². The molecule has 0 saturated heterocycles. The van der Waals surface area contributed by atoms with Crippen LogP contribution in [0.15, 0.2) is 47.0 Å². The summed E-state index contributed by atoms with van der Waals surface area (Å²) in [7, 11) is 2.17. The summed E-state index contributed by atoms with van der Waals surface area (Å²) in [5.74, 6) is 1.32. The molecule has 3 heterocycles. The van der Waals surface area contributed by atoms with Crippen LogP contribution in [0.4, 0.5) is 0 Å². The number of benzene rings is 1. The highest BCUT2D eigenvalue weighted by molar-refractivity contribution is 6.08. The Morgan fingerprint density at radius 1 is 0.839 bits per heavy atom.